The van der Waals surface area contributed by atoms with Gasteiger partial charge in [0, 0.05) is 23.7 Å². The van der Waals surface area contributed by atoms with Crippen LogP contribution in [0.1, 0.15) is 48.0 Å². The van der Waals surface area contributed by atoms with Gasteiger partial charge in [-0.05, 0) is 54.6 Å². The maximum Gasteiger partial charge on any atom is 0.0237 e. The minimum atomic E-state index is 0.285. The zero-order valence-corrected chi connectivity index (χ0v) is 11.6. The van der Waals surface area contributed by atoms with Crippen molar-refractivity contribution >= 4 is 0 Å². The molecule has 1 fully saturated rings. The van der Waals surface area contributed by atoms with E-state index < -0.39 is 0 Å². The lowest BCUT2D eigenvalue weighted by atomic mass is 9.95. The van der Waals surface area contributed by atoms with E-state index in [1.54, 1.807) is 0 Å². The van der Waals surface area contributed by atoms with Crippen LogP contribution in [0.15, 0.2) is 0 Å². The topological polar surface area (TPSA) is 6.48 Å². The van der Waals surface area contributed by atoms with Crippen LogP contribution in [0.25, 0.3) is 0 Å². The van der Waals surface area contributed by atoms with E-state index in [1.165, 1.54) is 13.0 Å². The van der Waals surface area contributed by atoms with Crippen LogP contribution in [-0.4, -0.2) is 47.1 Å². The predicted octanol–water partition coefficient (Wildman–Crippen LogP) is 2.59. The van der Waals surface area contributed by atoms with Crippen molar-refractivity contribution in [2.24, 2.45) is 0 Å². The van der Waals surface area contributed by atoms with E-state index in [9.17, 15) is 0 Å². The quantitative estimate of drug-likeness (QED) is 0.694. The maximum absolute atomic E-state index is 2.65. The lowest BCUT2D eigenvalue weighted by Gasteiger charge is -2.42. The highest BCUT2D eigenvalue weighted by atomic mass is 15.3. The van der Waals surface area contributed by atoms with Crippen molar-refractivity contribution in [3.05, 3.63) is 0 Å². The third kappa shape index (κ3) is 2.73. The minimum absolute atomic E-state index is 0.285. The molecule has 0 saturated carbocycles. The molecule has 0 aromatic carbocycles. The molecule has 1 saturated heterocycles. The third-order valence-electron chi connectivity index (χ3n) is 3.79. The normalized spacial score (nSPS) is 27.6. The number of likely N-dealkylation sites (N-methyl/N-ethyl adjacent to an activating group) is 1. The lowest BCUT2D eigenvalue weighted by Crippen LogP contribution is -2.50. The molecule has 0 radical (unpaired) electrons. The van der Waals surface area contributed by atoms with Crippen molar-refractivity contribution in [2.75, 3.05) is 20.1 Å². The fourth-order valence-corrected chi connectivity index (χ4v) is 2.94. The summed E-state index contributed by atoms with van der Waals surface area (Å²) in [5.74, 6) is 0. The standard InChI is InChI=1S/C13H28N2/c1-8-14(7)11-9-13(5,6)15(10-11)12(2,3)4/h11H,8-10H2,1-7H3. The van der Waals surface area contributed by atoms with Gasteiger partial charge in [-0.2, -0.15) is 0 Å². The van der Waals surface area contributed by atoms with E-state index in [2.05, 4.69) is 58.4 Å². The molecule has 1 atom stereocenters. The Hall–Kier alpha value is -0.0800. The van der Waals surface area contributed by atoms with Crippen molar-refractivity contribution in [3.63, 3.8) is 0 Å². The summed E-state index contributed by atoms with van der Waals surface area (Å²) in [5, 5.41) is 0. The van der Waals surface area contributed by atoms with Gasteiger partial charge in [0.05, 0.1) is 0 Å². The molecule has 0 aromatic heterocycles. The van der Waals surface area contributed by atoms with Crippen molar-refractivity contribution in [1.29, 1.82) is 0 Å². The molecule has 90 valence electrons. The summed E-state index contributed by atoms with van der Waals surface area (Å²) in [6.45, 7) is 16.3. The fourth-order valence-electron chi connectivity index (χ4n) is 2.94. The molecule has 0 N–H and O–H groups in total. The Bertz CT molecular complexity index is 215. The van der Waals surface area contributed by atoms with E-state index in [0.29, 0.717) is 5.54 Å². The molecule has 1 rings (SSSR count). The molecule has 0 aromatic rings. The Morgan fingerprint density at radius 3 is 2.20 bits per heavy atom. The summed E-state index contributed by atoms with van der Waals surface area (Å²) in [6, 6.07) is 0.726. The maximum atomic E-state index is 2.65. The molecule has 1 aliphatic heterocycles. The fraction of sp³-hybridized carbons (Fsp3) is 1.00. The van der Waals surface area contributed by atoms with Crippen LogP contribution in [0.5, 0.6) is 0 Å². The van der Waals surface area contributed by atoms with Crippen LogP contribution in [-0.2, 0) is 0 Å². The third-order valence-corrected chi connectivity index (χ3v) is 3.79. The van der Waals surface area contributed by atoms with Crippen molar-refractivity contribution < 1.29 is 0 Å². The van der Waals surface area contributed by atoms with Crippen LogP contribution >= 0.6 is 0 Å². The highest BCUT2D eigenvalue weighted by Gasteiger charge is 2.44. The Morgan fingerprint density at radius 2 is 1.87 bits per heavy atom. The number of rotatable bonds is 2. The molecular formula is C13H28N2. The first-order valence-electron chi connectivity index (χ1n) is 6.16. The minimum Gasteiger partial charge on any atom is -0.302 e. The number of hydrogen-bond acceptors (Lipinski definition) is 2. The number of hydrogen-bond donors (Lipinski definition) is 0. The zero-order valence-electron chi connectivity index (χ0n) is 11.6. The molecule has 0 bridgehead atoms. The second-order valence-corrected chi connectivity index (χ2v) is 6.53. The number of nitrogens with zero attached hydrogens (tertiary/aromatic N) is 2. The van der Waals surface area contributed by atoms with E-state index in [1.807, 2.05) is 0 Å². The second kappa shape index (κ2) is 4.06. The van der Waals surface area contributed by atoms with Gasteiger partial charge in [0.15, 0.2) is 0 Å². The lowest BCUT2D eigenvalue weighted by molar-refractivity contribution is 0.0660. The first-order valence-corrected chi connectivity index (χ1v) is 6.16. The molecule has 1 heterocycles. The van der Waals surface area contributed by atoms with Gasteiger partial charge >= 0.3 is 0 Å². The van der Waals surface area contributed by atoms with Gasteiger partial charge in [-0.1, -0.05) is 6.92 Å². The van der Waals surface area contributed by atoms with E-state index >= 15 is 0 Å². The molecule has 15 heavy (non-hydrogen) atoms. The van der Waals surface area contributed by atoms with E-state index in [-0.39, 0.29) is 5.54 Å². The summed E-state index contributed by atoms with van der Waals surface area (Å²) in [5.41, 5.74) is 0.624. The van der Waals surface area contributed by atoms with Gasteiger partial charge in [-0.15, -0.1) is 0 Å². The van der Waals surface area contributed by atoms with Crippen LogP contribution in [0.2, 0.25) is 0 Å². The second-order valence-electron chi connectivity index (χ2n) is 6.53. The summed E-state index contributed by atoms with van der Waals surface area (Å²) in [7, 11) is 2.24. The monoisotopic (exact) mass is 212 g/mol. The highest BCUT2D eigenvalue weighted by Crippen LogP contribution is 2.36. The average molecular weight is 212 g/mol. The SMILES string of the molecule is CCN(C)C1CN(C(C)(C)C)C(C)(C)C1. The zero-order chi connectivity index (χ0) is 11.9. The summed E-state index contributed by atoms with van der Waals surface area (Å²) in [6.07, 6.45) is 1.29. The number of likely N-dealkylation sites (tertiary alicyclic amines) is 1. The Balaban J connectivity index is 2.77. The van der Waals surface area contributed by atoms with Gasteiger partial charge in [0.25, 0.3) is 0 Å². The smallest absolute Gasteiger partial charge is 0.0237 e. The first-order chi connectivity index (χ1) is 6.68. The largest absolute Gasteiger partial charge is 0.302 e. The summed E-state index contributed by atoms with van der Waals surface area (Å²) < 4.78 is 0. The summed E-state index contributed by atoms with van der Waals surface area (Å²) >= 11 is 0. The van der Waals surface area contributed by atoms with Crippen LogP contribution < -0.4 is 0 Å². The molecule has 0 amide bonds. The Labute approximate surface area is 95.6 Å². The molecule has 0 spiro atoms. The molecule has 0 aliphatic carbocycles. The van der Waals surface area contributed by atoms with Gasteiger partial charge in [0.1, 0.15) is 0 Å². The Kier molecular flexibility index (Phi) is 3.52. The average Bonchev–Trinajstić information content (AvgIpc) is 2.39. The van der Waals surface area contributed by atoms with Crippen molar-refractivity contribution in [1.82, 2.24) is 9.80 Å². The van der Waals surface area contributed by atoms with Crippen LogP contribution in [0.4, 0.5) is 0 Å². The van der Waals surface area contributed by atoms with Gasteiger partial charge < -0.3 is 4.90 Å². The van der Waals surface area contributed by atoms with Crippen molar-refractivity contribution in [2.45, 2.75) is 65.1 Å². The van der Waals surface area contributed by atoms with Gasteiger partial charge in [-0.3, -0.25) is 4.90 Å². The highest BCUT2D eigenvalue weighted by molar-refractivity contribution is 5.01. The predicted molar refractivity (Wildman–Crippen MR) is 67.2 cm³/mol. The molecule has 2 heteroatoms. The molecule has 2 nitrogen and oxygen atoms in total. The van der Waals surface area contributed by atoms with E-state index in [4.69, 9.17) is 0 Å². The van der Waals surface area contributed by atoms with E-state index in [0.717, 1.165) is 12.6 Å². The first kappa shape index (κ1) is 13.0. The Morgan fingerprint density at radius 1 is 1.33 bits per heavy atom. The molecular weight excluding hydrogens is 184 g/mol. The van der Waals surface area contributed by atoms with Crippen LogP contribution in [0, 0.1) is 0 Å². The van der Waals surface area contributed by atoms with Crippen LogP contribution in [0.3, 0.4) is 0 Å². The summed E-state index contributed by atoms with van der Waals surface area (Å²) in [4.78, 5) is 5.13. The molecule has 1 aliphatic rings. The van der Waals surface area contributed by atoms with Crippen molar-refractivity contribution in [3.8, 4) is 0 Å². The van der Waals surface area contributed by atoms with Gasteiger partial charge in [-0.25, -0.2) is 0 Å². The van der Waals surface area contributed by atoms with Gasteiger partial charge in [0.2, 0.25) is 0 Å². The molecule has 1 unspecified atom stereocenters.